The van der Waals surface area contributed by atoms with Crippen molar-refractivity contribution < 1.29 is 5.21 Å². The summed E-state index contributed by atoms with van der Waals surface area (Å²) in [6.07, 6.45) is 18.1. The van der Waals surface area contributed by atoms with Gasteiger partial charge in [-0.3, -0.25) is 10.2 Å². The van der Waals surface area contributed by atoms with Crippen LogP contribution in [-0.2, 0) is 0 Å². The highest BCUT2D eigenvalue weighted by molar-refractivity contribution is 5.56. The molecule has 0 saturated heterocycles. The van der Waals surface area contributed by atoms with Crippen LogP contribution in [-0.4, -0.2) is 27.7 Å². The van der Waals surface area contributed by atoms with Gasteiger partial charge >= 0.3 is 0 Å². The van der Waals surface area contributed by atoms with Crippen LogP contribution < -0.4 is 0 Å². The van der Waals surface area contributed by atoms with Crippen LogP contribution in [0.2, 0.25) is 0 Å². The normalized spacial score (nSPS) is 57.2. The standard InChI is InChI=1S/C21H32N2O/c24-23(21-10-17-4-18(11-21)6-19(5-17)12-21)13-22-20-7-14-1-15(8-20)3-16(2-14)9-20/h13-19,24H,1-12H2/b22-13+. The summed E-state index contributed by atoms with van der Waals surface area (Å²) in [6, 6.07) is 0. The first-order valence-corrected chi connectivity index (χ1v) is 10.6. The molecule has 0 aromatic rings. The van der Waals surface area contributed by atoms with E-state index in [0.29, 0.717) is 0 Å². The number of hydrogen-bond acceptors (Lipinski definition) is 2. The molecule has 132 valence electrons. The maximum absolute atomic E-state index is 11.0. The SMILES string of the molecule is ON(/C=N/C12CC3CC(CC(C3)C1)C2)C12CC3CC(CC(C3)C1)C2. The van der Waals surface area contributed by atoms with Crippen LogP contribution in [0.15, 0.2) is 4.99 Å². The second-order valence-electron chi connectivity index (χ2n) is 10.9. The van der Waals surface area contributed by atoms with Gasteiger partial charge in [-0.25, -0.2) is 5.06 Å². The lowest BCUT2D eigenvalue weighted by Crippen LogP contribution is -2.59. The minimum Gasteiger partial charge on any atom is -0.287 e. The molecule has 0 atom stereocenters. The van der Waals surface area contributed by atoms with Crippen molar-refractivity contribution in [1.82, 2.24) is 5.06 Å². The third kappa shape index (κ3) is 2.09. The molecule has 0 amide bonds. The quantitative estimate of drug-likeness (QED) is 0.465. The summed E-state index contributed by atoms with van der Waals surface area (Å²) in [5.41, 5.74) is 0.235. The molecule has 8 aliphatic carbocycles. The molecule has 8 saturated carbocycles. The van der Waals surface area contributed by atoms with Gasteiger partial charge in [-0.1, -0.05) is 0 Å². The molecule has 0 aromatic heterocycles. The molecular weight excluding hydrogens is 296 g/mol. The molecule has 0 aromatic carbocycles. The molecule has 0 aliphatic heterocycles. The van der Waals surface area contributed by atoms with Crippen molar-refractivity contribution in [3.05, 3.63) is 0 Å². The predicted octanol–water partition coefficient (Wildman–Crippen LogP) is 4.64. The Kier molecular flexibility index (Phi) is 2.90. The Hall–Kier alpha value is -0.570. The van der Waals surface area contributed by atoms with E-state index in [1.54, 1.807) is 5.06 Å². The number of rotatable bonds is 3. The lowest BCUT2D eigenvalue weighted by molar-refractivity contribution is -0.176. The molecule has 0 heterocycles. The van der Waals surface area contributed by atoms with E-state index in [4.69, 9.17) is 4.99 Å². The molecule has 8 bridgehead atoms. The smallest absolute Gasteiger partial charge is 0.111 e. The zero-order valence-corrected chi connectivity index (χ0v) is 14.9. The van der Waals surface area contributed by atoms with E-state index in [2.05, 4.69) is 0 Å². The van der Waals surface area contributed by atoms with E-state index in [-0.39, 0.29) is 11.1 Å². The van der Waals surface area contributed by atoms with Gasteiger partial charge in [0, 0.05) is 0 Å². The first-order chi connectivity index (χ1) is 11.6. The van der Waals surface area contributed by atoms with Crippen LogP contribution in [0, 0.1) is 35.5 Å². The van der Waals surface area contributed by atoms with Crippen molar-refractivity contribution in [3.63, 3.8) is 0 Å². The highest BCUT2D eigenvalue weighted by Crippen LogP contribution is 2.59. The molecule has 1 N–H and O–H groups in total. The van der Waals surface area contributed by atoms with Gasteiger partial charge in [0.05, 0.1) is 11.1 Å². The lowest BCUT2D eigenvalue weighted by atomic mass is 9.53. The van der Waals surface area contributed by atoms with E-state index in [0.717, 1.165) is 35.5 Å². The van der Waals surface area contributed by atoms with Gasteiger partial charge in [-0.2, -0.15) is 0 Å². The van der Waals surface area contributed by atoms with Crippen LogP contribution in [0.4, 0.5) is 0 Å². The summed E-state index contributed by atoms with van der Waals surface area (Å²) in [6.45, 7) is 0. The number of hydroxylamine groups is 2. The van der Waals surface area contributed by atoms with E-state index < -0.39 is 0 Å². The number of nitrogens with zero attached hydrogens (tertiary/aromatic N) is 2. The Bertz CT molecular complexity index is 498. The fourth-order valence-electron chi connectivity index (χ4n) is 8.87. The average Bonchev–Trinajstić information content (AvgIpc) is 2.50. The fourth-order valence-corrected chi connectivity index (χ4v) is 8.87. The van der Waals surface area contributed by atoms with Crippen LogP contribution in [0.3, 0.4) is 0 Å². The van der Waals surface area contributed by atoms with E-state index >= 15 is 0 Å². The first kappa shape index (κ1) is 14.6. The molecule has 3 heteroatoms. The minimum absolute atomic E-state index is 0.0422. The van der Waals surface area contributed by atoms with Crippen LogP contribution in [0.1, 0.15) is 77.0 Å². The molecule has 0 spiro atoms. The monoisotopic (exact) mass is 328 g/mol. The highest BCUT2D eigenvalue weighted by atomic mass is 16.5. The summed E-state index contributed by atoms with van der Waals surface area (Å²) in [7, 11) is 0. The molecule has 8 aliphatic rings. The van der Waals surface area contributed by atoms with Crippen molar-refractivity contribution >= 4 is 6.34 Å². The van der Waals surface area contributed by atoms with E-state index in [1.807, 2.05) is 6.34 Å². The van der Waals surface area contributed by atoms with Crippen molar-refractivity contribution in [1.29, 1.82) is 0 Å². The van der Waals surface area contributed by atoms with Crippen LogP contribution in [0.5, 0.6) is 0 Å². The highest BCUT2D eigenvalue weighted by Gasteiger charge is 2.54. The summed E-state index contributed by atoms with van der Waals surface area (Å²) in [5.74, 6) is 5.41. The Morgan fingerprint density at radius 3 is 1.46 bits per heavy atom. The topological polar surface area (TPSA) is 35.8 Å². The van der Waals surface area contributed by atoms with Gasteiger partial charge < -0.3 is 0 Å². The van der Waals surface area contributed by atoms with Gasteiger partial charge in [-0.05, 0) is 113 Å². The molecule has 0 unspecified atom stereocenters. The van der Waals surface area contributed by atoms with Gasteiger partial charge in [0.2, 0.25) is 0 Å². The lowest BCUT2D eigenvalue weighted by Gasteiger charge is -2.58. The molecule has 8 rings (SSSR count). The average molecular weight is 329 g/mol. The van der Waals surface area contributed by atoms with Crippen LogP contribution >= 0.6 is 0 Å². The van der Waals surface area contributed by atoms with Gasteiger partial charge in [0.1, 0.15) is 6.34 Å². The molecule has 8 fully saturated rings. The Morgan fingerprint density at radius 1 is 0.667 bits per heavy atom. The first-order valence-electron chi connectivity index (χ1n) is 10.6. The summed E-state index contributed by atoms with van der Waals surface area (Å²) >= 11 is 0. The van der Waals surface area contributed by atoms with E-state index in [1.165, 1.54) is 77.0 Å². The summed E-state index contributed by atoms with van der Waals surface area (Å²) in [5, 5.41) is 12.6. The van der Waals surface area contributed by atoms with Crippen molar-refractivity contribution in [2.24, 2.45) is 40.5 Å². The second kappa shape index (κ2) is 4.78. The van der Waals surface area contributed by atoms with Gasteiger partial charge in [0.15, 0.2) is 0 Å². The number of hydrogen-bond donors (Lipinski definition) is 1. The third-order valence-electron chi connectivity index (χ3n) is 8.94. The maximum atomic E-state index is 11.0. The van der Waals surface area contributed by atoms with Crippen molar-refractivity contribution in [2.45, 2.75) is 88.1 Å². The van der Waals surface area contributed by atoms with Gasteiger partial charge in [-0.15, -0.1) is 0 Å². The van der Waals surface area contributed by atoms with Crippen molar-refractivity contribution in [2.75, 3.05) is 0 Å². The molecule has 3 nitrogen and oxygen atoms in total. The minimum atomic E-state index is 0.0422. The Morgan fingerprint density at radius 2 is 1.04 bits per heavy atom. The Labute approximate surface area is 145 Å². The van der Waals surface area contributed by atoms with E-state index in [9.17, 15) is 5.21 Å². The molecular formula is C21H32N2O. The van der Waals surface area contributed by atoms with Crippen molar-refractivity contribution in [3.8, 4) is 0 Å². The largest absolute Gasteiger partial charge is 0.287 e. The molecule has 0 radical (unpaired) electrons. The van der Waals surface area contributed by atoms with Crippen LogP contribution in [0.25, 0.3) is 0 Å². The molecule has 24 heavy (non-hydrogen) atoms. The fraction of sp³-hybridized carbons (Fsp3) is 0.952. The summed E-state index contributed by atoms with van der Waals surface area (Å²) < 4.78 is 0. The Balaban J connectivity index is 1.23. The number of aliphatic imine (C=N–C) groups is 1. The third-order valence-corrected chi connectivity index (χ3v) is 8.94. The maximum Gasteiger partial charge on any atom is 0.111 e. The summed E-state index contributed by atoms with van der Waals surface area (Å²) in [4.78, 5) is 5.12. The zero-order valence-electron chi connectivity index (χ0n) is 14.9. The second-order valence-corrected chi connectivity index (χ2v) is 10.9. The zero-order chi connectivity index (χ0) is 15.9. The predicted molar refractivity (Wildman–Crippen MR) is 93.9 cm³/mol. The van der Waals surface area contributed by atoms with Gasteiger partial charge in [0.25, 0.3) is 0 Å².